The summed E-state index contributed by atoms with van der Waals surface area (Å²) in [5.74, 6) is -0.115. The Morgan fingerprint density at radius 2 is 2.58 bits per heavy atom. The normalized spacial score (nSPS) is 12.5. The molecule has 12 heavy (non-hydrogen) atoms. The fraction of sp³-hybridized carbons (Fsp3) is 0.375. The molecule has 1 aromatic rings. The van der Waals surface area contributed by atoms with E-state index < -0.39 is 6.04 Å². The maximum Gasteiger partial charge on any atom is 0.241 e. The van der Waals surface area contributed by atoms with Crippen LogP contribution in [-0.2, 0) is 4.79 Å². The monoisotopic (exact) mass is 184 g/mol. The van der Waals surface area contributed by atoms with E-state index in [0.717, 1.165) is 5.69 Å². The first-order valence-corrected chi connectivity index (χ1v) is 4.77. The summed E-state index contributed by atoms with van der Waals surface area (Å²) in [6.07, 6.45) is 0.663. The number of hydrogen-bond donors (Lipinski definition) is 2. The van der Waals surface area contributed by atoms with Crippen molar-refractivity contribution in [2.45, 2.75) is 19.4 Å². The summed E-state index contributed by atoms with van der Waals surface area (Å²) in [7, 11) is 0. The van der Waals surface area contributed by atoms with Crippen LogP contribution in [0.3, 0.4) is 0 Å². The third kappa shape index (κ3) is 2.32. The third-order valence-electron chi connectivity index (χ3n) is 1.57. The van der Waals surface area contributed by atoms with Crippen molar-refractivity contribution < 1.29 is 4.79 Å². The molecule has 1 atom stereocenters. The summed E-state index contributed by atoms with van der Waals surface area (Å²) in [5, 5.41) is 6.50. The first kappa shape index (κ1) is 9.22. The number of rotatable bonds is 3. The lowest BCUT2D eigenvalue weighted by Gasteiger charge is -2.07. The highest BCUT2D eigenvalue weighted by Gasteiger charge is 2.10. The van der Waals surface area contributed by atoms with Crippen molar-refractivity contribution in [2.75, 3.05) is 5.32 Å². The van der Waals surface area contributed by atoms with Crippen LogP contribution in [0.5, 0.6) is 0 Å². The number of amides is 1. The quantitative estimate of drug-likeness (QED) is 0.746. The van der Waals surface area contributed by atoms with Crippen molar-refractivity contribution in [3.8, 4) is 0 Å². The standard InChI is InChI=1S/C8H12N2OS/c1-2-7(9)8(11)10-6-3-4-12-5-6/h3-5,7H,2,9H2,1H3,(H,10,11)/t7-/m1/s1. The molecule has 4 heteroatoms. The zero-order chi connectivity index (χ0) is 8.97. The molecule has 0 fully saturated rings. The lowest BCUT2D eigenvalue weighted by atomic mass is 10.2. The van der Waals surface area contributed by atoms with Crippen LogP contribution in [0, 0.1) is 0 Å². The van der Waals surface area contributed by atoms with E-state index in [1.807, 2.05) is 23.8 Å². The average molecular weight is 184 g/mol. The highest BCUT2D eigenvalue weighted by atomic mass is 32.1. The molecule has 0 radical (unpaired) electrons. The second-order valence-corrected chi connectivity index (χ2v) is 3.30. The number of nitrogens with two attached hydrogens (primary N) is 1. The van der Waals surface area contributed by atoms with Gasteiger partial charge in [-0.05, 0) is 17.9 Å². The van der Waals surface area contributed by atoms with Gasteiger partial charge in [0.2, 0.25) is 5.91 Å². The van der Waals surface area contributed by atoms with Crippen molar-refractivity contribution in [3.05, 3.63) is 16.8 Å². The molecular formula is C8H12N2OS. The fourth-order valence-corrected chi connectivity index (χ4v) is 1.34. The Morgan fingerprint density at radius 1 is 1.83 bits per heavy atom. The Bertz CT molecular complexity index is 246. The van der Waals surface area contributed by atoms with E-state index in [4.69, 9.17) is 5.73 Å². The number of anilines is 1. The van der Waals surface area contributed by atoms with E-state index in [1.54, 1.807) is 11.3 Å². The number of nitrogens with one attached hydrogen (secondary N) is 1. The lowest BCUT2D eigenvalue weighted by Crippen LogP contribution is -2.34. The zero-order valence-corrected chi connectivity index (χ0v) is 7.73. The summed E-state index contributed by atoms with van der Waals surface area (Å²) in [6, 6.07) is 1.45. The molecule has 0 aromatic carbocycles. The van der Waals surface area contributed by atoms with E-state index in [9.17, 15) is 4.79 Å². The van der Waals surface area contributed by atoms with Crippen LogP contribution in [-0.4, -0.2) is 11.9 Å². The van der Waals surface area contributed by atoms with Crippen LogP contribution >= 0.6 is 11.3 Å². The van der Waals surface area contributed by atoms with Gasteiger partial charge in [-0.3, -0.25) is 4.79 Å². The molecule has 0 saturated carbocycles. The molecule has 1 aromatic heterocycles. The van der Waals surface area contributed by atoms with Crippen LogP contribution in [0.4, 0.5) is 5.69 Å². The molecule has 0 aliphatic carbocycles. The van der Waals surface area contributed by atoms with Gasteiger partial charge in [0.15, 0.2) is 0 Å². The van der Waals surface area contributed by atoms with E-state index in [1.165, 1.54) is 0 Å². The van der Waals surface area contributed by atoms with Gasteiger partial charge < -0.3 is 11.1 Å². The number of hydrogen-bond acceptors (Lipinski definition) is 3. The van der Waals surface area contributed by atoms with Crippen LogP contribution in [0.25, 0.3) is 0 Å². The number of carbonyl (C=O) groups excluding carboxylic acids is 1. The molecule has 0 saturated heterocycles. The molecular weight excluding hydrogens is 172 g/mol. The van der Waals surface area contributed by atoms with E-state index in [2.05, 4.69) is 5.32 Å². The molecule has 3 N–H and O–H groups in total. The second kappa shape index (κ2) is 4.23. The van der Waals surface area contributed by atoms with Crippen molar-refractivity contribution in [1.29, 1.82) is 0 Å². The van der Waals surface area contributed by atoms with E-state index in [0.29, 0.717) is 6.42 Å². The van der Waals surface area contributed by atoms with Crippen molar-refractivity contribution in [1.82, 2.24) is 0 Å². The second-order valence-electron chi connectivity index (χ2n) is 2.52. The zero-order valence-electron chi connectivity index (χ0n) is 6.91. The van der Waals surface area contributed by atoms with Crippen molar-refractivity contribution in [2.24, 2.45) is 5.73 Å². The predicted octanol–water partition coefficient (Wildman–Crippen LogP) is 1.42. The predicted molar refractivity (Wildman–Crippen MR) is 51.2 cm³/mol. The molecule has 0 spiro atoms. The Morgan fingerprint density at radius 3 is 3.08 bits per heavy atom. The van der Waals surface area contributed by atoms with Crippen molar-refractivity contribution in [3.63, 3.8) is 0 Å². The molecule has 1 amide bonds. The maximum atomic E-state index is 11.2. The molecule has 0 bridgehead atoms. The van der Waals surface area contributed by atoms with Crippen molar-refractivity contribution >= 4 is 22.9 Å². The van der Waals surface area contributed by atoms with Crippen LogP contribution in [0.1, 0.15) is 13.3 Å². The summed E-state index contributed by atoms with van der Waals surface area (Å²) >= 11 is 1.55. The van der Waals surface area contributed by atoms with Gasteiger partial charge in [-0.1, -0.05) is 6.92 Å². The minimum Gasteiger partial charge on any atom is -0.324 e. The molecule has 1 rings (SSSR count). The third-order valence-corrected chi connectivity index (χ3v) is 2.25. The largest absolute Gasteiger partial charge is 0.324 e. The van der Waals surface area contributed by atoms with E-state index >= 15 is 0 Å². The highest BCUT2D eigenvalue weighted by molar-refractivity contribution is 7.08. The Balaban J connectivity index is 2.47. The topological polar surface area (TPSA) is 55.1 Å². The Hall–Kier alpha value is -0.870. The summed E-state index contributed by atoms with van der Waals surface area (Å²) in [4.78, 5) is 11.2. The van der Waals surface area contributed by atoms with Gasteiger partial charge in [-0.2, -0.15) is 11.3 Å². The fourth-order valence-electron chi connectivity index (χ4n) is 0.756. The van der Waals surface area contributed by atoms with Crippen LogP contribution < -0.4 is 11.1 Å². The van der Waals surface area contributed by atoms with Gasteiger partial charge >= 0.3 is 0 Å². The van der Waals surface area contributed by atoms with Crippen LogP contribution in [0.15, 0.2) is 16.8 Å². The van der Waals surface area contributed by atoms with Gasteiger partial charge in [0.1, 0.15) is 0 Å². The molecule has 0 aliphatic heterocycles. The smallest absolute Gasteiger partial charge is 0.241 e. The van der Waals surface area contributed by atoms with Gasteiger partial charge in [0.25, 0.3) is 0 Å². The maximum absolute atomic E-state index is 11.2. The van der Waals surface area contributed by atoms with Gasteiger partial charge in [0, 0.05) is 5.38 Å². The molecule has 1 heterocycles. The minimum absolute atomic E-state index is 0.115. The SMILES string of the molecule is CC[C@@H](N)C(=O)Nc1ccsc1. The first-order chi connectivity index (χ1) is 5.74. The lowest BCUT2D eigenvalue weighted by molar-refractivity contribution is -0.117. The summed E-state index contributed by atoms with van der Waals surface area (Å²) in [5.41, 5.74) is 6.35. The van der Waals surface area contributed by atoms with Gasteiger partial charge in [0.05, 0.1) is 11.7 Å². The average Bonchev–Trinajstić information content (AvgIpc) is 2.55. The Kier molecular flexibility index (Phi) is 3.25. The van der Waals surface area contributed by atoms with E-state index in [-0.39, 0.29) is 5.91 Å². The first-order valence-electron chi connectivity index (χ1n) is 3.82. The molecule has 0 unspecified atom stereocenters. The van der Waals surface area contributed by atoms with Crippen LogP contribution in [0.2, 0.25) is 0 Å². The van der Waals surface area contributed by atoms with Gasteiger partial charge in [-0.15, -0.1) is 0 Å². The summed E-state index contributed by atoms with van der Waals surface area (Å²) in [6.45, 7) is 1.89. The number of thiophene rings is 1. The highest BCUT2D eigenvalue weighted by Crippen LogP contribution is 2.11. The van der Waals surface area contributed by atoms with Gasteiger partial charge in [-0.25, -0.2) is 0 Å². The summed E-state index contributed by atoms with van der Waals surface area (Å²) < 4.78 is 0. The molecule has 66 valence electrons. The number of carbonyl (C=O) groups is 1. The Labute approximate surface area is 75.6 Å². The molecule has 0 aliphatic rings. The minimum atomic E-state index is -0.398. The molecule has 3 nitrogen and oxygen atoms in total.